The molecule has 3 rings (SSSR count). The van der Waals surface area contributed by atoms with Crippen molar-refractivity contribution in [3.05, 3.63) is 24.3 Å². The molecule has 108 valence electrons. The van der Waals surface area contributed by atoms with Crippen molar-refractivity contribution in [1.82, 2.24) is 0 Å². The molecule has 0 saturated heterocycles. The fourth-order valence-electron chi connectivity index (χ4n) is 2.81. The molecule has 1 aromatic rings. The molecule has 3 nitrogen and oxygen atoms in total. The number of amidine groups is 1. The molecule has 1 aliphatic heterocycles. The monoisotopic (exact) mass is 290 g/mol. The molecule has 2 aliphatic rings. The molecule has 0 atom stereocenters. The van der Waals surface area contributed by atoms with Gasteiger partial charge in [0.2, 0.25) is 0 Å². The van der Waals surface area contributed by atoms with Gasteiger partial charge in [0.1, 0.15) is 5.75 Å². The minimum atomic E-state index is 0.247. The van der Waals surface area contributed by atoms with Crippen molar-refractivity contribution < 1.29 is 4.74 Å². The highest BCUT2D eigenvalue weighted by Gasteiger charge is 2.38. The number of thioether (sulfide) groups is 1. The number of hydrogen-bond acceptors (Lipinski definition) is 4. The lowest BCUT2D eigenvalue weighted by Gasteiger charge is -2.16. The summed E-state index contributed by atoms with van der Waals surface area (Å²) in [4.78, 5) is 4.92. The summed E-state index contributed by atoms with van der Waals surface area (Å²) in [7, 11) is 0. The number of anilines is 1. The van der Waals surface area contributed by atoms with E-state index in [1.165, 1.54) is 25.7 Å². The van der Waals surface area contributed by atoms with Gasteiger partial charge < -0.3 is 10.1 Å². The van der Waals surface area contributed by atoms with Crippen molar-refractivity contribution >= 4 is 22.6 Å². The van der Waals surface area contributed by atoms with E-state index in [1.54, 1.807) is 0 Å². The number of hydrogen-bond donors (Lipinski definition) is 1. The van der Waals surface area contributed by atoms with E-state index in [2.05, 4.69) is 24.4 Å². The molecule has 1 spiro atoms. The maximum absolute atomic E-state index is 5.59. The van der Waals surface area contributed by atoms with Gasteiger partial charge in [-0.25, -0.2) is 0 Å². The Kier molecular flexibility index (Phi) is 4.20. The first-order chi connectivity index (χ1) is 9.80. The minimum absolute atomic E-state index is 0.247. The average Bonchev–Trinajstić information content (AvgIpc) is 3.09. The first-order valence-corrected chi connectivity index (χ1v) is 8.51. The van der Waals surface area contributed by atoms with Crippen LogP contribution in [0.4, 0.5) is 5.69 Å². The third-order valence-electron chi connectivity index (χ3n) is 3.93. The van der Waals surface area contributed by atoms with Gasteiger partial charge in [0.25, 0.3) is 0 Å². The highest BCUT2D eigenvalue weighted by Crippen LogP contribution is 2.41. The molecule has 1 N–H and O–H groups in total. The molecule has 1 aromatic carbocycles. The molecular weight excluding hydrogens is 268 g/mol. The van der Waals surface area contributed by atoms with Gasteiger partial charge in [-0.2, -0.15) is 0 Å². The Labute approximate surface area is 125 Å². The molecule has 1 fully saturated rings. The second kappa shape index (κ2) is 6.08. The van der Waals surface area contributed by atoms with Crippen LogP contribution in [0.15, 0.2) is 29.3 Å². The fraction of sp³-hybridized carbons (Fsp3) is 0.562. The van der Waals surface area contributed by atoms with Gasteiger partial charge in [0.15, 0.2) is 5.17 Å². The lowest BCUT2D eigenvalue weighted by molar-refractivity contribution is 0.317. The molecule has 1 saturated carbocycles. The first-order valence-electron chi connectivity index (χ1n) is 7.52. The Balaban J connectivity index is 1.60. The largest absolute Gasteiger partial charge is 0.494 e. The predicted octanol–water partition coefficient (Wildman–Crippen LogP) is 4.30. The smallest absolute Gasteiger partial charge is 0.161 e. The predicted molar refractivity (Wildman–Crippen MR) is 86.9 cm³/mol. The van der Waals surface area contributed by atoms with Crippen molar-refractivity contribution in [2.75, 3.05) is 17.7 Å². The lowest BCUT2D eigenvalue weighted by atomic mass is 10.0. The quantitative estimate of drug-likeness (QED) is 0.897. The third-order valence-corrected chi connectivity index (χ3v) is 5.08. The first kappa shape index (κ1) is 13.8. The number of aliphatic imine (C=N–C) groups is 1. The normalized spacial score (nSPS) is 20.1. The zero-order chi connectivity index (χ0) is 13.8. The van der Waals surface area contributed by atoms with Crippen LogP contribution in [-0.2, 0) is 0 Å². The van der Waals surface area contributed by atoms with E-state index >= 15 is 0 Å². The van der Waals surface area contributed by atoms with Crippen LogP contribution in [0, 0.1) is 0 Å². The summed E-state index contributed by atoms with van der Waals surface area (Å²) in [5, 5.41) is 4.51. The zero-order valence-corrected chi connectivity index (χ0v) is 12.8. The summed E-state index contributed by atoms with van der Waals surface area (Å²) in [6, 6.07) is 8.16. The van der Waals surface area contributed by atoms with E-state index in [-0.39, 0.29) is 5.54 Å². The maximum atomic E-state index is 5.59. The van der Waals surface area contributed by atoms with E-state index in [0.29, 0.717) is 0 Å². The number of ether oxygens (including phenoxy) is 1. The van der Waals surface area contributed by atoms with Crippen LogP contribution in [0.3, 0.4) is 0 Å². The van der Waals surface area contributed by atoms with E-state index in [1.807, 2.05) is 23.9 Å². The summed E-state index contributed by atoms with van der Waals surface area (Å²) in [6.07, 6.45) is 6.22. The van der Waals surface area contributed by atoms with Crippen LogP contribution < -0.4 is 10.1 Å². The molecule has 1 aliphatic carbocycles. The molecule has 4 heteroatoms. The number of benzene rings is 1. The summed E-state index contributed by atoms with van der Waals surface area (Å²) < 4.78 is 5.59. The van der Waals surface area contributed by atoms with Gasteiger partial charge in [-0.05, 0) is 43.5 Å². The number of nitrogens with one attached hydrogen (secondary N) is 1. The van der Waals surface area contributed by atoms with E-state index in [4.69, 9.17) is 9.73 Å². The minimum Gasteiger partial charge on any atom is -0.494 e. The molecule has 0 bridgehead atoms. The van der Waals surface area contributed by atoms with Crippen molar-refractivity contribution in [2.24, 2.45) is 4.99 Å². The van der Waals surface area contributed by atoms with Gasteiger partial charge in [0.05, 0.1) is 12.1 Å². The number of rotatable bonds is 4. The lowest BCUT2D eigenvalue weighted by Crippen LogP contribution is -2.21. The Morgan fingerprint density at radius 2 is 2.00 bits per heavy atom. The summed E-state index contributed by atoms with van der Waals surface area (Å²) in [5.74, 6) is 2.08. The summed E-state index contributed by atoms with van der Waals surface area (Å²) in [6.45, 7) is 2.89. The second-order valence-corrected chi connectivity index (χ2v) is 6.60. The number of nitrogens with zero attached hydrogens (tertiary/aromatic N) is 1. The van der Waals surface area contributed by atoms with Gasteiger partial charge in [-0.15, -0.1) is 0 Å². The standard InChI is InChI=1S/C16H22N2OS/c1-2-11-19-14-7-5-13(6-8-14)17-15-18-16(12-20-15)9-3-4-10-16/h5-8H,2-4,9-12H2,1H3,(H,17,18). The van der Waals surface area contributed by atoms with Gasteiger partial charge in [-0.3, -0.25) is 4.99 Å². The zero-order valence-electron chi connectivity index (χ0n) is 12.0. The van der Waals surface area contributed by atoms with Crippen LogP contribution in [0.5, 0.6) is 5.75 Å². The van der Waals surface area contributed by atoms with Gasteiger partial charge in [0, 0.05) is 11.4 Å². The van der Waals surface area contributed by atoms with Crippen molar-refractivity contribution in [1.29, 1.82) is 0 Å². The highest BCUT2D eigenvalue weighted by molar-refractivity contribution is 8.14. The molecule has 0 amide bonds. The van der Waals surface area contributed by atoms with E-state index in [0.717, 1.165) is 35.4 Å². The van der Waals surface area contributed by atoms with Crippen LogP contribution in [0.2, 0.25) is 0 Å². The van der Waals surface area contributed by atoms with Crippen LogP contribution >= 0.6 is 11.8 Å². The molecule has 0 aromatic heterocycles. The van der Waals surface area contributed by atoms with E-state index in [9.17, 15) is 0 Å². The van der Waals surface area contributed by atoms with Gasteiger partial charge >= 0.3 is 0 Å². The van der Waals surface area contributed by atoms with Crippen LogP contribution in [-0.4, -0.2) is 23.1 Å². The molecule has 0 unspecified atom stereocenters. The van der Waals surface area contributed by atoms with Gasteiger partial charge in [-0.1, -0.05) is 31.5 Å². The SMILES string of the molecule is CCCOc1ccc(NC2=NC3(CCCC3)CS2)cc1. The maximum Gasteiger partial charge on any atom is 0.161 e. The summed E-state index contributed by atoms with van der Waals surface area (Å²) >= 11 is 1.86. The molecule has 1 heterocycles. The molecule has 0 radical (unpaired) electrons. The fourth-order valence-corrected chi connectivity index (χ4v) is 4.02. The Morgan fingerprint density at radius 3 is 2.70 bits per heavy atom. The van der Waals surface area contributed by atoms with Crippen LogP contribution in [0.1, 0.15) is 39.0 Å². The van der Waals surface area contributed by atoms with E-state index < -0.39 is 0 Å². The van der Waals surface area contributed by atoms with Crippen molar-refractivity contribution in [2.45, 2.75) is 44.6 Å². The molecule has 20 heavy (non-hydrogen) atoms. The Morgan fingerprint density at radius 1 is 1.25 bits per heavy atom. The summed E-state index contributed by atoms with van der Waals surface area (Å²) in [5.41, 5.74) is 1.34. The third kappa shape index (κ3) is 3.11. The average molecular weight is 290 g/mol. The Bertz CT molecular complexity index is 478. The van der Waals surface area contributed by atoms with Crippen molar-refractivity contribution in [3.8, 4) is 5.75 Å². The second-order valence-electron chi connectivity index (χ2n) is 5.63. The Hall–Kier alpha value is -1.16. The highest BCUT2D eigenvalue weighted by atomic mass is 32.2. The van der Waals surface area contributed by atoms with Crippen LogP contribution in [0.25, 0.3) is 0 Å². The molecular formula is C16H22N2OS. The van der Waals surface area contributed by atoms with Crippen molar-refractivity contribution in [3.63, 3.8) is 0 Å². The topological polar surface area (TPSA) is 33.6 Å².